The maximum absolute atomic E-state index is 2.82. The number of rotatable bonds is 1. The van der Waals surface area contributed by atoms with E-state index in [1.165, 1.54) is 32.7 Å². The van der Waals surface area contributed by atoms with E-state index in [2.05, 4.69) is 9.12 Å². The third-order valence-corrected chi connectivity index (χ3v) is 2.47. The van der Waals surface area contributed by atoms with Crippen LogP contribution in [-0.4, -0.2) is 7.00 Å². The Morgan fingerprint density at radius 1 is 1.29 bits per heavy atom. The molecule has 1 unspecified atom stereocenters. The highest BCUT2D eigenvalue weighted by molar-refractivity contribution is 7.56. The highest BCUT2D eigenvalue weighted by Crippen LogP contribution is 2.29. The van der Waals surface area contributed by atoms with Crippen molar-refractivity contribution in [2.75, 3.05) is 0 Å². The van der Waals surface area contributed by atoms with Crippen molar-refractivity contribution in [3.8, 4) is 0 Å². The molecule has 0 aromatic carbocycles. The molecule has 0 radical (unpaired) electrons. The van der Waals surface area contributed by atoms with Crippen LogP contribution in [-0.2, 0) is 0 Å². The maximum Gasteiger partial charge on any atom is 0.148 e. The number of hydrogen-bond acceptors (Lipinski definition) is 0. The Bertz CT molecular complexity index is 50.0. The van der Waals surface area contributed by atoms with Crippen LogP contribution in [0, 0.1) is 0 Å². The molecule has 1 aliphatic rings. The van der Waals surface area contributed by atoms with E-state index < -0.39 is 0 Å². The number of hydrogen-bond donors (Lipinski definition) is 0. The van der Waals surface area contributed by atoms with Crippen LogP contribution in [0.15, 0.2) is 0 Å². The standard InChI is InChI=1S/C5H12BP/c7-6-5-3-1-2-4-5/h5-6H,1-4,7H2. The van der Waals surface area contributed by atoms with E-state index in [0.717, 1.165) is 5.82 Å². The van der Waals surface area contributed by atoms with E-state index in [1.54, 1.807) is 0 Å². The SMILES string of the molecule is PBC1CCCC1. The van der Waals surface area contributed by atoms with E-state index >= 15 is 0 Å². The highest BCUT2D eigenvalue weighted by Gasteiger charge is 2.12. The predicted octanol–water partition coefficient (Wildman–Crippen LogP) is 1.58. The Labute approximate surface area is 48.5 Å². The van der Waals surface area contributed by atoms with Gasteiger partial charge in [-0.25, -0.2) is 0 Å². The second kappa shape index (κ2) is 2.72. The molecule has 0 N–H and O–H groups in total. The van der Waals surface area contributed by atoms with E-state index in [9.17, 15) is 0 Å². The summed E-state index contributed by atoms with van der Waals surface area (Å²) in [5, 5.41) is 0. The Morgan fingerprint density at radius 3 is 2.14 bits per heavy atom. The zero-order chi connectivity index (χ0) is 5.11. The molecule has 0 aromatic heterocycles. The molecule has 1 fully saturated rings. The van der Waals surface area contributed by atoms with E-state index in [-0.39, 0.29) is 0 Å². The average Bonchev–Trinajstić information content (AvgIpc) is 2.14. The largest absolute Gasteiger partial charge is 0.174 e. The molecular weight excluding hydrogens is 102 g/mol. The van der Waals surface area contributed by atoms with Crippen LogP contribution in [0.2, 0.25) is 5.82 Å². The molecule has 1 rings (SSSR count). The molecule has 2 heteroatoms. The molecule has 0 spiro atoms. The quantitative estimate of drug-likeness (QED) is 0.358. The predicted molar refractivity (Wildman–Crippen MR) is 39.1 cm³/mol. The van der Waals surface area contributed by atoms with Gasteiger partial charge in [-0.05, 0) is 0 Å². The lowest BCUT2D eigenvalue weighted by Crippen LogP contribution is -1.87. The molecule has 0 amide bonds. The second-order valence-electron chi connectivity index (χ2n) is 2.39. The first-order valence-corrected chi connectivity index (χ1v) is 3.95. The molecule has 1 aliphatic carbocycles. The van der Waals surface area contributed by atoms with Crippen LogP contribution < -0.4 is 0 Å². The zero-order valence-corrected chi connectivity index (χ0v) is 5.84. The minimum absolute atomic E-state index is 1.06. The van der Waals surface area contributed by atoms with Crippen LogP contribution in [0.1, 0.15) is 25.7 Å². The van der Waals surface area contributed by atoms with Crippen molar-refractivity contribution in [1.82, 2.24) is 0 Å². The van der Waals surface area contributed by atoms with Crippen LogP contribution in [0.5, 0.6) is 0 Å². The third kappa shape index (κ3) is 1.46. The molecule has 0 bridgehead atoms. The van der Waals surface area contributed by atoms with Gasteiger partial charge < -0.3 is 0 Å². The summed E-state index contributed by atoms with van der Waals surface area (Å²) >= 11 is 0. The molecule has 0 nitrogen and oxygen atoms in total. The minimum Gasteiger partial charge on any atom is -0.174 e. The lowest BCUT2D eigenvalue weighted by molar-refractivity contribution is 0.877. The first kappa shape index (κ1) is 5.63. The fourth-order valence-electron chi connectivity index (χ4n) is 1.25. The zero-order valence-electron chi connectivity index (χ0n) is 4.69. The van der Waals surface area contributed by atoms with E-state index in [1.807, 2.05) is 0 Å². The van der Waals surface area contributed by atoms with Crippen LogP contribution in [0.25, 0.3) is 0 Å². The van der Waals surface area contributed by atoms with Crippen molar-refractivity contribution in [3.63, 3.8) is 0 Å². The Balaban J connectivity index is 2.14. The van der Waals surface area contributed by atoms with Crippen molar-refractivity contribution in [2.24, 2.45) is 0 Å². The summed E-state index contributed by atoms with van der Waals surface area (Å²) in [6, 6.07) is 0. The monoisotopic (exact) mass is 114 g/mol. The molecular formula is C5H12BP. The molecule has 0 aromatic rings. The molecule has 1 atom stereocenters. The van der Waals surface area contributed by atoms with Gasteiger partial charge in [-0.1, -0.05) is 31.5 Å². The van der Waals surface area contributed by atoms with E-state index in [4.69, 9.17) is 0 Å². The van der Waals surface area contributed by atoms with Crippen LogP contribution >= 0.6 is 9.12 Å². The summed E-state index contributed by atoms with van der Waals surface area (Å²) in [4.78, 5) is 0. The fourth-order valence-corrected chi connectivity index (χ4v) is 1.72. The Hall–Kier alpha value is 0.495. The molecule has 7 heavy (non-hydrogen) atoms. The Morgan fingerprint density at radius 2 is 1.86 bits per heavy atom. The lowest BCUT2D eigenvalue weighted by atomic mass is 9.85. The molecule has 0 aliphatic heterocycles. The normalized spacial score (nSPS) is 23.0. The summed E-state index contributed by atoms with van der Waals surface area (Å²) < 4.78 is 0. The first-order valence-electron chi connectivity index (χ1n) is 3.13. The summed E-state index contributed by atoms with van der Waals surface area (Å²) in [6.07, 6.45) is 5.95. The van der Waals surface area contributed by atoms with Crippen molar-refractivity contribution in [2.45, 2.75) is 31.5 Å². The van der Waals surface area contributed by atoms with Gasteiger partial charge in [-0.2, -0.15) is 9.12 Å². The van der Waals surface area contributed by atoms with Gasteiger partial charge in [-0.15, -0.1) is 0 Å². The summed E-state index contributed by atoms with van der Waals surface area (Å²) in [7, 11) is 2.82. The van der Waals surface area contributed by atoms with Gasteiger partial charge in [0.1, 0.15) is 7.00 Å². The van der Waals surface area contributed by atoms with Gasteiger partial charge in [0.25, 0.3) is 0 Å². The summed E-state index contributed by atoms with van der Waals surface area (Å²) in [5.74, 6) is 1.06. The van der Waals surface area contributed by atoms with Crippen molar-refractivity contribution in [3.05, 3.63) is 0 Å². The van der Waals surface area contributed by atoms with Gasteiger partial charge in [0.05, 0.1) is 0 Å². The highest BCUT2D eigenvalue weighted by atomic mass is 31.0. The lowest BCUT2D eigenvalue weighted by Gasteiger charge is -1.97. The van der Waals surface area contributed by atoms with Gasteiger partial charge in [0.2, 0.25) is 0 Å². The average molecular weight is 114 g/mol. The van der Waals surface area contributed by atoms with Crippen LogP contribution in [0.3, 0.4) is 0 Å². The van der Waals surface area contributed by atoms with Gasteiger partial charge in [-0.3, -0.25) is 0 Å². The van der Waals surface area contributed by atoms with Gasteiger partial charge in [0.15, 0.2) is 0 Å². The molecule has 1 saturated carbocycles. The minimum atomic E-state index is 1.06. The molecule has 40 valence electrons. The second-order valence-corrected chi connectivity index (χ2v) is 2.86. The van der Waals surface area contributed by atoms with Crippen molar-refractivity contribution < 1.29 is 0 Å². The topological polar surface area (TPSA) is 0 Å². The third-order valence-electron chi connectivity index (χ3n) is 1.81. The van der Waals surface area contributed by atoms with E-state index in [0.29, 0.717) is 0 Å². The fraction of sp³-hybridized carbons (Fsp3) is 1.00. The molecule has 0 heterocycles. The van der Waals surface area contributed by atoms with Crippen molar-refractivity contribution in [1.29, 1.82) is 0 Å². The maximum atomic E-state index is 2.82. The summed E-state index contributed by atoms with van der Waals surface area (Å²) in [5.41, 5.74) is 0. The van der Waals surface area contributed by atoms with Crippen molar-refractivity contribution >= 4 is 16.1 Å². The van der Waals surface area contributed by atoms with Crippen LogP contribution in [0.4, 0.5) is 0 Å². The molecule has 0 saturated heterocycles. The summed E-state index contributed by atoms with van der Waals surface area (Å²) in [6.45, 7) is 1.33. The smallest absolute Gasteiger partial charge is 0.148 e. The van der Waals surface area contributed by atoms with Gasteiger partial charge in [0, 0.05) is 0 Å². The Kier molecular flexibility index (Phi) is 2.19. The first-order chi connectivity index (χ1) is 3.43. The van der Waals surface area contributed by atoms with Gasteiger partial charge >= 0.3 is 0 Å².